The highest BCUT2D eigenvalue weighted by Crippen LogP contribution is 2.67. The first-order chi connectivity index (χ1) is 9.48. The molecule has 4 saturated carbocycles. The van der Waals surface area contributed by atoms with Gasteiger partial charge in [0.1, 0.15) is 0 Å². The second kappa shape index (κ2) is 4.10. The summed E-state index contributed by atoms with van der Waals surface area (Å²) in [6, 6.07) is 9.21. The smallest absolute Gasteiger partial charge is 0.0352 e. The van der Waals surface area contributed by atoms with E-state index >= 15 is 0 Å². The maximum Gasteiger partial charge on any atom is 0.0352 e. The van der Waals surface area contributed by atoms with Gasteiger partial charge in [-0.3, -0.25) is 0 Å². The van der Waals surface area contributed by atoms with Gasteiger partial charge in [0, 0.05) is 6.04 Å². The van der Waals surface area contributed by atoms with Crippen LogP contribution in [0.4, 0.5) is 0 Å². The van der Waals surface area contributed by atoms with Crippen molar-refractivity contribution >= 4 is 0 Å². The van der Waals surface area contributed by atoms with Crippen molar-refractivity contribution in [2.75, 3.05) is 0 Å². The molecule has 0 radical (unpaired) electrons. The van der Waals surface area contributed by atoms with Crippen molar-refractivity contribution in [1.29, 1.82) is 0 Å². The summed E-state index contributed by atoms with van der Waals surface area (Å²) in [5, 5.41) is 0. The molecule has 1 heteroatoms. The minimum atomic E-state index is 0.244. The third kappa shape index (κ3) is 1.86. The van der Waals surface area contributed by atoms with E-state index in [-0.39, 0.29) is 6.04 Å². The fraction of sp³-hybridized carbons (Fsp3) is 0.684. The monoisotopic (exact) mass is 269 g/mol. The standard InChI is InChI=1S/C19H27N/c1-13-3-5-16(6-4-13)17(20)19-10-14-7-15(11-19)9-18(2,8-14)12-19/h3-6,14-15,17H,7-12,20H2,1-2H3. The molecule has 4 fully saturated rings. The maximum absolute atomic E-state index is 6.80. The Labute approximate surface area is 122 Å². The van der Waals surface area contributed by atoms with Gasteiger partial charge < -0.3 is 5.73 Å². The van der Waals surface area contributed by atoms with Crippen LogP contribution in [-0.2, 0) is 0 Å². The molecule has 4 bridgehead atoms. The van der Waals surface area contributed by atoms with Crippen LogP contribution in [0.15, 0.2) is 24.3 Å². The highest BCUT2D eigenvalue weighted by molar-refractivity contribution is 5.27. The Hall–Kier alpha value is -0.820. The Bertz CT molecular complexity index is 501. The predicted molar refractivity (Wildman–Crippen MR) is 83.3 cm³/mol. The molecular weight excluding hydrogens is 242 g/mol. The predicted octanol–water partition coefficient (Wildman–Crippen LogP) is 4.60. The van der Waals surface area contributed by atoms with Crippen LogP contribution in [-0.4, -0.2) is 0 Å². The lowest BCUT2D eigenvalue weighted by Gasteiger charge is -2.63. The van der Waals surface area contributed by atoms with Gasteiger partial charge in [-0.1, -0.05) is 36.8 Å². The van der Waals surface area contributed by atoms with Crippen molar-refractivity contribution in [3.8, 4) is 0 Å². The molecule has 20 heavy (non-hydrogen) atoms. The summed E-state index contributed by atoms with van der Waals surface area (Å²) in [6.45, 7) is 4.68. The third-order valence-corrected chi connectivity index (χ3v) is 6.50. The molecule has 0 spiro atoms. The molecule has 0 heterocycles. The molecule has 0 amide bonds. The Morgan fingerprint density at radius 1 is 1.05 bits per heavy atom. The molecule has 2 N–H and O–H groups in total. The first-order valence-corrected chi connectivity index (χ1v) is 8.30. The Kier molecular flexibility index (Phi) is 2.64. The zero-order valence-corrected chi connectivity index (χ0v) is 12.9. The Morgan fingerprint density at radius 3 is 2.20 bits per heavy atom. The summed E-state index contributed by atoms with van der Waals surface area (Å²) in [6.07, 6.45) is 8.54. The van der Waals surface area contributed by atoms with E-state index < -0.39 is 0 Å². The van der Waals surface area contributed by atoms with E-state index in [0.29, 0.717) is 10.8 Å². The third-order valence-electron chi connectivity index (χ3n) is 6.50. The summed E-state index contributed by atoms with van der Waals surface area (Å²) < 4.78 is 0. The first-order valence-electron chi connectivity index (χ1n) is 8.30. The van der Waals surface area contributed by atoms with Crippen LogP contribution in [0, 0.1) is 29.6 Å². The highest BCUT2D eigenvalue weighted by atomic mass is 14.7. The van der Waals surface area contributed by atoms with Crippen molar-refractivity contribution in [2.24, 2.45) is 28.4 Å². The summed E-state index contributed by atoms with van der Waals surface area (Å²) in [5.74, 6) is 1.91. The zero-order valence-electron chi connectivity index (χ0n) is 12.9. The topological polar surface area (TPSA) is 26.0 Å². The molecule has 1 nitrogen and oxygen atoms in total. The van der Waals surface area contributed by atoms with Crippen molar-refractivity contribution in [1.82, 2.24) is 0 Å². The quantitative estimate of drug-likeness (QED) is 0.834. The van der Waals surface area contributed by atoms with Crippen LogP contribution >= 0.6 is 0 Å². The SMILES string of the molecule is Cc1ccc(C(N)C23CC4CC(CC(C)(C4)C2)C3)cc1. The van der Waals surface area contributed by atoms with Gasteiger partial charge in [0.2, 0.25) is 0 Å². The van der Waals surface area contributed by atoms with Gasteiger partial charge in [0.15, 0.2) is 0 Å². The molecule has 0 saturated heterocycles. The molecule has 4 aliphatic carbocycles. The van der Waals surface area contributed by atoms with Crippen LogP contribution in [0.3, 0.4) is 0 Å². The molecule has 1 aromatic rings. The number of benzene rings is 1. The van der Waals surface area contributed by atoms with Crippen LogP contribution in [0.25, 0.3) is 0 Å². The van der Waals surface area contributed by atoms with E-state index in [1.54, 1.807) is 0 Å². The minimum Gasteiger partial charge on any atom is -0.323 e. The van der Waals surface area contributed by atoms with Crippen LogP contribution in [0.1, 0.15) is 62.6 Å². The number of hydrogen-bond donors (Lipinski definition) is 1. The maximum atomic E-state index is 6.80. The molecule has 3 atom stereocenters. The summed E-state index contributed by atoms with van der Waals surface area (Å²) >= 11 is 0. The summed E-state index contributed by atoms with van der Waals surface area (Å²) in [7, 11) is 0. The van der Waals surface area contributed by atoms with Gasteiger partial charge in [-0.15, -0.1) is 0 Å². The average molecular weight is 269 g/mol. The van der Waals surface area contributed by atoms with Crippen LogP contribution in [0.2, 0.25) is 0 Å². The Balaban J connectivity index is 1.68. The Morgan fingerprint density at radius 2 is 1.65 bits per heavy atom. The van der Waals surface area contributed by atoms with Gasteiger partial charge >= 0.3 is 0 Å². The van der Waals surface area contributed by atoms with Crippen molar-refractivity contribution in [2.45, 2.75) is 58.4 Å². The van der Waals surface area contributed by atoms with Gasteiger partial charge in [-0.25, -0.2) is 0 Å². The average Bonchev–Trinajstić information content (AvgIpc) is 2.36. The second-order valence-corrected chi connectivity index (χ2v) is 8.52. The van der Waals surface area contributed by atoms with Gasteiger partial charge in [-0.2, -0.15) is 0 Å². The van der Waals surface area contributed by atoms with E-state index in [0.717, 1.165) is 11.8 Å². The number of rotatable bonds is 2. The van der Waals surface area contributed by atoms with Gasteiger partial charge in [0.25, 0.3) is 0 Å². The largest absolute Gasteiger partial charge is 0.323 e. The number of nitrogens with two attached hydrogens (primary N) is 1. The molecule has 0 aliphatic heterocycles. The molecule has 3 unspecified atom stereocenters. The minimum absolute atomic E-state index is 0.244. The summed E-state index contributed by atoms with van der Waals surface area (Å²) in [5.41, 5.74) is 10.5. The molecule has 4 aliphatic rings. The van der Waals surface area contributed by atoms with Crippen LogP contribution in [0.5, 0.6) is 0 Å². The van der Waals surface area contributed by atoms with E-state index in [2.05, 4.69) is 38.1 Å². The molecular formula is C19H27N. The fourth-order valence-electron chi connectivity index (χ4n) is 6.29. The van der Waals surface area contributed by atoms with Crippen molar-refractivity contribution in [3.63, 3.8) is 0 Å². The second-order valence-electron chi connectivity index (χ2n) is 8.52. The number of aryl methyl sites for hydroxylation is 1. The van der Waals surface area contributed by atoms with Crippen LogP contribution < -0.4 is 5.73 Å². The number of hydrogen-bond acceptors (Lipinski definition) is 1. The first kappa shape index (κ1) is 12.9. The van der Waals surface area contributed by atoms with Gasteiger partial charge in [-0.05, 0) is 73.7 Å². The highest BCUT2D eigenvalue weighted by Gasteiger charge is 2.57. The zero-order chi connectivity index (χ0) is 14.0. The lowest BCUT2D eigenvalue weighted by atomic mass is 9.43. The summed E-state index contributed by atoms with van der Waals surface area (Å²) in [4.78, 5) is 0. The van der Waals surface area contributed by atoms with Gasteiger partial charge in [0.05, 0.1) is 0 Å². The molecule has 1 aromatic carbocycles. The van der Waals surface area contributed by atoms with E-state index in [1.807, 2.05) is 0 Å². The molecule has 0 aromatic heterocycles. The van der Waals surface area contributed by atoms with E-state index in [4.69, 9.17) is 5.73 Å². The lowest BCUT2D eigenvalue weighted by molar-refractivity contribution is -0.113. The van der Waals surface area contributed by atoms with Crippen molar-refractivity contribution in [3.05, 3.63) is 35.4 Å². The van der Waals surface area contributed by atoms with Crippen molar-refractivity contribution < 1.29 is 0 Å². The lowest BCUT2D eigenvalue weighted by Crippen LogP contribution is -2.54. The van der Waals surface area contributed by atoms with E-state index in [9.17, 15) is 0 Å². The molecule has 5 rings (SSSR count). The fourth-order valence-corrected chi connectivity index (χ4v) is 6.29. The van der Waals surface area contributed by atoms with E-state index in [1.165, 1.54) is 49.7 Å². The molecule has 108 valence electrons. The normalized spacial score (nSPS) is 43.8.